The number of hydrogen-bond acceptors (Lipinski definition) is 1. The van der Waals surface area contributed by atoms with Gasteiger partial charge in [-0.05, 0) is 44.3 Å². The van der Waals surface area contributed by atoms with E-state index in [2.05, 4.69) is 24.9 Å². The van der Waals surface area contributed by atoms with Crippen LogP contribution in [0.4, 0.5) is 0 Å². The van der Waals surface area contributed by atoms with Gasteiger partial charge in [-0.1, -0.05) is 18.2 Å². The predicted molar refractivity (Wildman–Crippen MR) is 60.2 cm³/mol. The lowest BCUT2D eigenvalue weighted by Gasteiger charge is -2.11. The molecule has 0 aromatic carbocycles. The molecule has 1 aliphatic rings. The standard InChI is InChI=1S/C10H16N2S/c1-7-3-4-9(5-7)6-8(2)12-10(11)13/h5,9H,2-4,6H2,1H3,(H3,11,12,13). The highest BCUT2D eigenvalue weighted by Gasteiger charge is 2.13. The summed E-state index contributed by atoms with van der Waals surface area (Å²) < 4.78 is 0. The normalized spacial score (nSPS) is 21.0. The van der Waals surface area contributed by atoms with Crippen LogP contribution in [0, 0.1) is 5.92 Å². The van der Waals surface area contributed by atoms with Crippen molar-refractivity contribution in [3.05, 3.63) is 23.9 Å². The van der Waals surface area contributed by atoms with E-state index in [4.69, 9.17) is 18.0 Å². The highest BCUT2D eigenvalue weighted by atomic mass is 32.1. The third kappa shape index (κ3) is 3.59. The van der Waals surface area contributed by atoms with E-state index in [0.29, 0.717) is 11.0 Å². The average Bonchev–Trinajstić information content (AvgIpc) is 2.33. The summed E-state index contributed by atoms with van der Waals surface area (Å²) in [4.78, 5) is 0. The van der Waals surface area contributed by atoms with Gasteiger partial charge in [0.05, 0.1) is 0 Å². The maximum atomic E-state index is 5.34. The van der Waals surface area contributed by atoms with Crippen LogP contribution in [0.2, 0.25) is 0 Å². The summed E-state index contributed by atoms with van der Waals surface area (Å²) in [6.45, 7) is 6.05. The Morgan fingerprint density at radius 3 is 3.00 bits per heavy atom. The molecular weight excluding hydrogens is 180 g/mol. The second kappa shape index (κ2) is 4.42. The van der Waals surface area contributed by atoms with Gasteiger partial charge in [0.25, 0.3) is 0 Å². The van der Waals surface area contributed by atoms with Crippen LogP contribution in [0.15, 0.2) is 23.9 Å². The molecule has 0 aliphatic heterocycles. The number of thiocarbonyl (C=S) groups is 1. The van der Waals surface area contributed by atoms with Gasteiger partial charge in [0, 0.05) is 5.70 Å². The molecule has 1 rings (SSSR count). The molecule has 2 nitrogen and oxygen atoms in total. The highest BCUT2D eigenvalue weighted by molar-refractivity contribution is 7.80. The number of nitrogens with two attached hydrogens (primary N) is 1. The maximum Gasteiger partial charge on any atom is 0.167 e. The van der Waals surface area contributed by atoms with Crippen LogP contribution in [0.5, 0.6) is 0 Å². The van der Waals surface area contributed by atoms with Crippen molar-refractivity contribution < 1.29 is 0 Å². The quantitative estimate of drug-likeness (QED) is 0.536. The predicted octanol–water partition coefficient (Wildman–Crippen LogP) is 2.08. The fourth-order valence-electron chi connectivity index (χ4n) is 1.68. The third-order valence-electron chi connectivity index (χ3n) is 2.24. The molecule has 72 valence electrons. The van der Waals surface area contributed by atoms with Crippen LogP contribution in [0.25, 0.3) is 0 Å². The lowest BCUT2D eigenvalue weighted by atomic mass is 10.0. The average molecular weight is 196 g/mol. The van der Waals surface area contributed by atoms with Gasteiger partial charge in [-0.2, -0.15) is 0 Å². The minimum absolute atomic E-state index is 0.309. The van der Waals surface area contributed by atoms with Gasteiger partial charge in [-0.3, -0.25) is 0 Å². The molecule has 0 saturated carbocycles. The Morgan fingerprint density at radius 1 is 1.85 bits per heavy atom. The van der Waals surface area contributed by atoms with Crippen LogP contribution >= 0.6 is 12.2 Å². The second-order valence-corrected chi connectivity index (χ2v) is 4.05. The lowest BCUT2D eigenvalue weighted by molar-refractivity contribution is 0.614. The summed E-state index contributed by atoms with van der Waals surface area (Å²) in [5.41, 5.74) is 7.74. The monoisotopic (exact) mass is 196 g/mol. The van der Waals surface area contributed by atoms with Crippen molar-refractivity contribution in [1.82, 2.24) is 5.32 Å². The van der Waals surface area contributed by atoms with E-state index >= 15 is 0 Å². The highest BCUT2D eigenvalue weighted by Crippen LogP contribution is 2.27. The Labute approximate surface area is 84.9 Å². The van der Waals surface area contributed by atoms with Crippen molar-refractivity contribution in [2.75, 3.05) is 0 Å². The molecule has 1 aliphatic carbocycles. The number of allylic oxidation sites excluding steroid dienone is 3. The Bertz CT molecular complexity index is 256. The van der Waals surface area contributed by atoms with E-state index in [-0.39, 0.29) is 0 Å². The van der Waals surface area contributed by atoms with Gasteiger partial charge < -0.3 is 11.1 Å². The summed E-state index contributed by atoms with van der Waals surface area (Å²) in [6.07, 6.45) is 5.69. The van der Waals surface area contributed by atoms with Crippen molar-refractivity contribution >= 4 is 17.3 Å². The van der Waals surface area contributed by atoms with Crippen LogP contribution in [0.3, 0.4) is 0 Å². The van der Waals surface area contributed by atoms with Crippen molar-refractivity contribution in [2.45, 2.75) is 26.2 Å². The van der Waals surface area contributed by atoms with Gasteiger partial charge in [0.2, 0.25) is 0 Å². The molecule has 0 radical (unpaired) electrons. The molecular formula is C10H16N2S. The Morgan fingerprint density at radius 2 is 2.54 bits per heavy atom. The first kappa shape index (κ1) is 10.3. The summed E-state index contributed by atoms with van der Waals surface area (Å²) in [6, 6.07) is 0. The lowest BCUT2D eigenvalue weighted by Crippen LogP contribution is -2.28. The minimum atomic E-state index is 0.309. The second-order valence-electron chi connectivity index (χ2n) is 3.61. The molecule has 0 heterocycles. The Hall–Kier alpha value is -0.830. The smallest absolute Gasteiger partial charge is 0.167 e. The zero-order chi connectivity index (χ0) is 9.84. The van der Waals surface area contributed by atoms with Gasteiger partial charge in [0.15, 0.2) is 5.11 Å². The molecule has 0 amide bonds. The first-order chi connectivity index (χ1) is 6.08. The van der Waals surface area contributed by atoms with Crippen molar-refractivity contribution in [1.29, 1.82) is 0 Å². The van der Waals surface area contributed by atoms with E-state index in [1.165, 1.54) is 18.4 Å². The van der Waals surface area contributed by atoms with Crippen molar-refractivity contribution in [3.8, 4) is 0 Å². The molecule has 1 atom stereocenters. The topological polar surface area (TPSA) is 38.0 Å². The zero-order valence-electron chi connectivity index (χ0n) is 7.97. The van der Waals surface area contributed by atoms with E-state index < -0.39 is 0 Å². The fourth-order valence-corrected chi connectivity index (χ4v) is 1.83. The molecule has 0 bridgehead atoms. The van der Waals surface area contributed by atoms with Gasteiger partial charge in [-0.15, -0.1) is 0 Å². The Balaban J connectivity index is 2.33. The fraction of sp³-hybridized carbons (Fsp3) is 0.500. The first-order valence-electron chi connectivity index (χ1n) is 4.49. The van der Waals surface area contributed by atoms with Crippen molar-refractivity contribution in [3.63, 3.8) is 0 Å². The van der Waals surface area contributed by atoms with Gasteiger partial charge in [-0.25, -0.2) is 0 Å². The van der Waals surface area contributed by atoms with Crippen LogP contribution in [-0.2, 0) is 0 Å². The van der Waals surface area contributed by atoms with Gasteiger partial charge >= 0.3 is 0 Å². The Kier molecular flexibility index (Phi) is 3.48. The molecule has 13 heavy (non-hydrogen) atoms. The molecule has 0 aromatic heterocycles. The first-order valence-corrected chi connectivity index (χ1v) is 4.90. The summed E-state index contributed by atoms with van der Waals surface area (Å²) in [5.74, 6) is 0.620. The van der Waals surface area contributed by atoms with E-state index in [1.807, 2.05) is 0 Å². The van der Waals surface area contributed by atoms with Crippen molar-refractivity contribution in [2.24, 2.45) is 11.7 Å². The van der Waals surface area contributed by atoms with Crippen LogP contribution < -0.4 is 11.1 Å². The van der Waals surface area contributed by atoms with Gasteiger partial charge in [0.1, 0.15) is 0 Å². The molecule has 0 spiro atoms. The van der Waals surface area contributed by atoms with E-state index in [1.54, 1.807) is 0 Å². The third-order valence-corrected chi connectivity index (χ3v) is 2.34. The number of rotatable bonds is 3. The van der Waals surface area contributed by atoms with E-state index in [0.717, 1.165) is 12.1 Å². The minimum Gasteiger partial charge on any atom is -0.376 e. The molecule has 3 heteroatoms. The summed E-state index contributed by atoms with van der Waals surface area (Å²) in [5, 5.41) is 3.18. The molecule has 0 fully saturated rings. The number of nitrogens with one attached hydrogen (secondary N) is 1. The molecule has 1 unspecified atom stereocenters. The summed E-state index contributed by atoms with van der Waals surface area (Å²) in [7, 11) is 0. The van der Waals surface area contributed by atoms with E-state index in [9.17, 15) is 0 Å². The molecule has 0 aromatic rings. The zero-order valence-corrected chi connectivity index (χ0v) is 8.79. The molecule has 3 N–H and O–H groups in total. The largest absolute Gasteiger partial charge is 0.376 e. The van der Waals surface area contributed by atoms with Crippen LogP contribution in [-0.4, -0.2) is 5.11 Å². The number of hydrogen-bond donors (Lipinski definition) is 2. The van der Waals surface area contributed by atoms with Crippen LogP contribution in [0.1, 0.15) is 26.2 Å². The summed E-state index contributed by atoms with van der Waals surface area (Å²) >= 11 is 4.73. The molecule has 0 saturated heterocycles. The SMILES string of the molecule is C=C(CC1C=C(C)CC1)NC(N)=S. The maximum absolute atomic E-state index is 5.34.